The molecule has 10 heteroatoms. The van der Waals surface area contributed by atoms with Crippen LogP contribution >= 0.6 is 8.25 Å². The van der Waals surface area contributed by atoms with Crippen LogP contribution in [0.3, 0.4) is 0 Å². The predicted molar refractivity (Wildman–Crippen MR) is 65.6 cm³/mol. The Kier molecular flexibility index (Phi) is 9.91. The molecule has 0 spiro atoms. The van der Waals surface area contributed by atoms with Crippen LogP contribution in [0.4, 0.5) is 0 Å². The van der Waals surface area contributed by atoms with Crippen LogP contribution in [-0.4, -0.2) is 46.0 Å². The first-order valence-electron chi connectivity index (χ1n) is 4.89. The summed E-state index contributed by atoms with van der Waals surface area (Å²) in [5, 5.41) is 0. The second-order valence-electron chi connectivity index (χ2n) is 2.52. The molecule has 1 aromatic heterocycles. The average molecular weight is 412 g/mol. The summed E-state index contributed by atoms with van der Waals surface area (Å²) in [6.07, 6.45) is 0. The molecule has 0 aliphatic carbocycles. The molecule has 0 radical (unpaired) electrons. The van der Waals surface area contributed by atoms with Gasteiger partial charge in [-0.2, -0.15) is 0 Å². The van der Waals surface area contributed by atoms with Crippen molar-refractivity contribution in [2.45, 2.75) is 13.8 Å². The normalized spacial score (nSPS) is 12.4. The van der Waals surface area contributed by atoms with E-state index in [4.69, 9.17) is 4.89 Å². The second kappa shape index (κ2) is 9.89. The van der Waals surface area contributed by atoms with Crippen molar-refractivity contribution in [1.29, 1.82) is 0 Å². The van der Waals surface area contributed by atoms with Gasteiger partial charge in [-0.3, -0.25) is 0 Å². The second-order valence-corrected chi connectivity index (χ2v) is 7.87. The monoisotopic (exact) mass is 414 g/mol. The molecule has 18 heavy (non-hydrogen) atoms. The number of rotatable bonds is 6. The maximum absolute atomic E-state index is 10.5. The molecule has 0 aliphatic heterocycles. The third kappa shape index (κ3) is 10.00. The predicted octanol–water partition coefficient (Wildman–Crippen LogP) is 0.860. The van der Waals surface area contributed by atoms with Crippen molar-refractivity contribution in [3.8, 4) is 4.62 Å². The van der Waals surface area contributed by atoms with E-state index in [0.717, 1.165) is 0 Å². The summed E-state index contributed by atoms with van der Waals surface area (Å²) in [6, 6.07) is 3.53. The van der Waals surface area contributed by atoms with Crippen LogP contribution in [0.15, 0.2) is 17.1 Å². The molecule has 1 aromatic rings. The Hall–Kier alpha value is 0.0290. The van der Waals surface area contributed by atoms with Crippen LogP contribution < -0.4 is 4.52 Å². The summed E-state index contributed by atoms with van der Waals surface area (Å²) in [5.41, 5.74) is 0. The Labute approximate surface area is 114 Å². The van der Waals surface area contributed by atoms with Crippen molar-refractivity contribution < 1.29 is 29.3 Å². The molecule has 0 aromatic carbocycles. The zero-order valence-electron chi connectivity index (χ0n) is 9.86. The summed E-state index contributed by atoms with van der Waals surface area (Å²) in [4.78, 5) is 10.2. The topological polar surface area (TPSA) is 99.1 Å². The summed E-state index contributed by atoms with van der Waals surface area (Å²) in [5.74, 6) is 0. The molecule has 0 bridgehead atoms. The van der Waals surface area contributed by atoms with Crippen LogP contribution in [0, 0.1) is 0 Å². The quantitative estimate of drug-likeness (QED) is 0.547. The van der Waals surface area contributed by atoms with Crippen LogP contribution in [0.25, 0.3) is 0 Å². The van der Waals surface area contributed by atoms with Gasteiger partial charge in [0.15, 0.2) is 0 Å². The van der Waals surface area contributed by atoms with E-state index >= 15 is 0 Å². The summed E-state index contributed by atoms with van der Waals surface area (Å²) >= 11 is -4.22. The van der Waals surface area contributed by atoms with Gasteiger partial charge in [-0.15, -0.1) is 0 Å². The minimum atomic E-state index is -4.37. The van der Waals surface area contributed by atoms with E-state index in [1.54, 1.807) is 19.9 Å². The summed E-state index contributed by atoms with van der Waals surface area (Å²) < 4.78 is 44.7. The van der Waals surface area contributed by atoms with Crippen molar-refractivity contribution in [3.63, 3.8) is 0 Å². The fourth-order valence-electron chi connectivity index (χ4n) is 0.730. The van der Waals surface area contributed by atoms with Gasteiger partial charge in [0.1, 0.15) is 0 Å². The summed E-state index contributed by atoms with van der Waals surface area (Å²) in [6.45, 7) is 3.49. The molecule has 0 aliphatic rings. The molecule has 1 rings (SSSR count). The Morgan fingerprint density at radius 3 is 2.22 bits per heavy atom. The Balaban J connectivity index is 0.000000321. The zero-order valence-corrected chi connectivity index (χ0v) is 14.3. The third-order valence-corrected chi connectivity index (χ3v) is 5.70. The molecule has 1 unspecified atom stereocenters. The number of hydrogen-bond donors (Lipinski definition) is 1. The number of hydrogen-bond acceptors (Lipinski definition) is 6. The minimum absolute atomic E-state index is 0.142. The van der Waals surface area contributed by atoms with Gasteiger partial charge in [-0.25, -0.2) is 0 Å². The van der Waals surface area contributed by atoms with E-state index in [1.807, 2.05) is 11.0 Å². The molecule has 1 atom stereocenters. The first-order valence-corrected chi connectivity index (χ1v) is 10.8. The Bertz CT molecular complexity index is 416. The van der Waals surface area contributed by atoms with Crippen molar-refractivity contribution in [3.05, 3.63) is 17.1 Å². The molecule has 106 valence electrons. The molecule has 0 fully saturated rings. The van der Waals surface area contributed by atoms with Crippen LogP contribution in [0.5, 0.6) is 4.62 Å². The zero-order chi connectivity index (χ0) is 14.0. The summed E-state index contributed by atoms with van der Waals surface area (Å²) in [7, 11) is -2.76. The first-order chi connectivity index (χ1) is 8.41. The van der Waals surface area contributed by atoms with E-state index < -0.39 is 21.6 Å². The van der Waals surface area contributed by atoms with Crippen LogP contribution in [0.1, 0.15) is 13.8 Å². The molecule has 0 amide bonds. The molecule has 0 saturated heterocycles. The average Bonchev–Trinajstić information content (AvgIpc) is 2.69. The van der Waals surface area contributed by atoms with Gasteiger partial charge in [0.2, 0.25) is 0 Å². The van der Waals surface area contributed by atoms with Gasteiger partial charge >= 0.3 is 114 Å². The van der Waals surface area contributed by atoms with Gasteiger partial charge in [-0.05, 0) is 0 Å². The SMILES string of the molecule is CCO[Se](=O)(=O)OCC.O=[PH](O)Oc1ccc[se]1. The van der Waals surface area contributed by atoms with E-state index in [1.165, 1.54) is 0 Å². The first kappa shape index (κ1) is 18.0. The maximum atomic E-state index is 10.5. The van der Waals surface area contributed by atoms with E-state index in [-0.39, 0.29) is 27.7 Å². The van der Waals surface area contributed by atoms with Crippen molar-refractivity contribution in [2.75, 3.05) is 13.2 Å². The van der Waals surface area contributed by atoms with Crippen molar-refractivity contribution >= 4 is 36.1 Å². The Morgan fingerprint density at radius 1 is 1.33 bits per heavy atom. The fraction of sp³-hybridized carbons (Fsp3) is 0.500. The van der Waals surface area contributed by atoms with Gasteiger partial charge < -0.3 is 0 Å². The van der Waals surface area contributed by atoms with Crippen molar-refractivity contribution in [1.82, 2.24) is 0 Å². The van der Waals surface area contributed by atoms with E-state index in [0.29, 0.717) is 4.62 Å². The standard InChI is InChI=1S/C4H10O4Se.C4H5O3PSe/c1-3-7-9(5,6)8-4-2;5-8(6)7-4-2-1-3-9-4/h3-4H2,1-2H3;1-3,8H,(H,5,6). The van der Waals surface area contributed by atoms with Gasteiger partial charge in [0, 0.05) is 0 Å². The molecule has 1 N–H and O–H groups in total. The van der Waals surface area contributed by atoms with Crippen LogP contribution in [-0.2, 0) is 19.9 Å². The van der Waals surface area contributed by atoms with E-state index in [9.17, 15) is 12.2 Å². The van der Waals surface area contributed by atoms with Gasteiger partial charge in [0.25, 0.3) is 0 Å². The molecule has 7 nitrogen and oxygen atoms in total. The van der Waals surface area contributed by atoms with E-state index in [2.05, 4.69) is 12.2 Å². The Morgan fingerprint density at radius 2 is 1.89 bits per heavy atom. The molecular formula is C8H15O7PSe2. The van der Waals surface area contributed by atoms with Crippen LogP contribution in [0.2, 0.25) is 0 Å². The third-order valence-electron chi connectivity index (χ3n) is 1.21. The van der Waals surface area contributed by atoms with Gasteiger partial charge in [0.05, 0.1) is 0 Å². The van der Waals surface area contributed by atoms with Crippen molar-refractivity contribution in [2.24, 2.45) is 0 Å². The molecular weight excluding hydrogens is 397 g/mol. The van der Waals surface area contributed by atoms with Gasteiger partial charge in [-0.1, -0.05) is 0 Å². The molecule has 1 heterocycles. The fourth-order valence-corrected chi connectivity index (χ4v) is 4.06. The molecule has 0 saturated carbocycles.